The van der Waals surface area contributed by atoms with Crippen LogP contribution in [0, 0.1) is 11.8 Å². The van der Waals surface area contributed by atoms with E-state index in [2.05, 4.69) is 24.4 Å². The molecule has 156 valence electrons. The molecule has 1 saturated carbocycles. The molecule has 0 bridgehead atoms. The topological polar surface area (TPSA) is 69.7 Å². The van der Waals surface area contributed by atoms with Crippen LogP contribution in [0.3, 0.4) is 0 Å². The Kier molecular flexibility index (Phi) is 5.88. The Bertz CT molecular complexity index is 764. The predicted octanol–water partition coefficient (Wildman–Crippen LogP) is 2.51. The van der Waals surface area contributed by atoms with E-state index in [9.17, 15) is 14.4 Å². The van der Waals surface area contributed by atoms with Gasteiger partial charge in [0.1, 0.15) is 0 Å². The first kappa shape index (κ1) is 19.9. The second-order valence-electron chi connectivity index (χ2n) is 8.70. The summed E-state index contributed by atoms with van der Waals surface area (Å²) in [6.45, 7) is 4.03. The van der Waals surface area contributed by atoms with Gasteiger partial charge in [0.05, 0.1) is 5.92 Å². The van der Waals surface area contributed by atoms with Crippen molar-refractivity contribution in [3.8, 4) is 0 Å². The lowest BCUT2D eigenvalue weighted by atomic mass is 10.0. The first-order valence-electron chi connectivity index (χ1n) is 11.0. The molecule has 0 unspecified atom stereocenters. The van der Waals surface area contributed by atoms with Gasteiger partial charge in [0.15, 0.2) is 0 Å². The summed E-state index contributed by atoms with van der Waals surface area (Å²) in [5.74, 6) is 0.224. The van der Waals surface area contributed by atoms with Crippen molar-refractivity contribution < 1.29 is 14.4 Å². The Balaban J connectivity index is 1.27. The first-order valence-corrected chi connectivity index (χ1v) is 11.0. The number of hydrogen-bond acceptors (Lipinski definition) is 3. The van der Waals surface area contributed by atoms with Crippen LogP contribution < -0.4 is 10.2 Å². The average Bonchev–Trinajstić information content (AvgIpc) is 3.51. The summed E-state index contributed by atoms with van der Waals surface area (Å²) >= 11 is 0. The molecule has 3 aliphatic rings. The lowest BCUT2D eigenvalue weighted by molar-refractivity contribution is -0.134. The standard InChI is InChI=1S/C23H31N3O3/c1-2-3-16-4-8-20(9-5-16)26-15-18(14-21(26)27)22(28)24-19-10-12-25(13-11-19)23(29)17-6-7-17/h4-5,8-9,17-19H,2-3,6-7,10-15H2,1H3,(H,24,28)/t18-/m1/s1. The maximum Gasteiger partial charge on any atom is 0.227 e. The van der Waals surface area contributed by atoms with Gasteiger partial charge < -0.3 is 15.1 Å². The van der Waals surface area contributed by atoms with Crippen LogP contribution >= 0.6 is 0 Å². The molecule has 4 rings (SSSR count). The molecule has 1 aliphatic carbocycles. The summed E-state index contributed by atoms with van der Waals surface area (Å²) in [5, 5.41) is 3.13. The molecule has 1 aromatic rings. The van der Waals surface area contributed by atoms with Gasteiger partial charge in [-0.3, -0.25) is 14.4 Å². The summed E-state index contributed by atoms with van der Waals surface area (Å²) < 4.78 is 0. The molecule has 0 radical (unpaired) electrons. The smallest absolute Gasteiger partial charge is 0.227 e. The highest BCUT2D eigenvalue weighted by atomic mass is 16.2. The van der Waals surface area contributed by atoms with E-state index in [1.54, 1.807) is 4.90 Å². The predicted molar refractivity (Wildman–Crippen MR) is 111 cm³/mol. The summed E-state index contributed by atoms with van der Waals surface area (Å²) in [5.41, 5.74) is 2.14. The number of carbonyl (C=O) groups excluding carboxylic acids is 3. The molecule has 2 heterocycles. The number of hydrogen-bond donors (Lipinski definition) is 1. The van der Waals surface area contributed by atoms with Crippen LogP contribution in [0.5, 0.6) is 0 Å². The van der Waals surface area contributed by atoms with Crippen LogP contribution in [-0.4, -0.2) is 48.3 Å². The Morgan fingerprint density at radius 2 is 1.72 bits per heavy atom. The Labute approximate surface area is 172 Å². The van der Waals surface area contributed by atoms with Gasteiger partial charge in [0.2, 0.25) is 17.7 Å². The highest BCUT2D eigenvalue weighted by Crippen LogP contribution is 2.32. The van der Waals surface area contributed by atoms with Crippen LogP contribution in [0.25, 0.3) is 0 Å². The molecule has 2 aliphatic heterocycles. The maximum atomic E-state index is 12.7. The molecule has 3 fully saturated rings. The number of carbonyl (C=O) groups is 3. The van der Waals surface area contributed by atoms with Gasteiger partial charge >= 0.3 is 0 Å². The molecule has 0 aromatic heterocycles. The van der Waals surface area contributed by atoms with Crippen LogP contribution in [0.2, 0.25) is 0 Å². The van der Waals surface area contributed by atoms with Gasteiger partial charge in [0, 0.05) is 43.7 Å². The fourth-order valence-electron chi connectivity index (χ4n) is 4.42. The SMILES string of the molecule is CCCc1ccc(N2C[C@H](C(=O)NC3CCN(C(=O)C4CC4)CC3)CC2=O)cc1. The van der Waals surface area contributed by atoms with E-state index >= 15 is 0 Å². The number of amides is 3. The highest BCUT2D eigenvalue weighted by Gasteiger charge is 2.37. The van der Waals surface area contributed by atoms with Gasteiger partial charge in [-0.05, 0) is 49.8 Å². The summed E-state index contributed by atoms with van der Waals surface area (Å²) in [6, 6.07) is 8.20. The molecule has 6 nitrogen and oxygen atoms in total. The van der Waals surface area contributed by atoms with E-state index in [1.807, 2.05) is 17.0 Å². The zero-order chi connectivity index (χ0) is 20.4. The van der Waals surface area contributed by atoms with E-state index < -0.39 is 0 Å². The van der Waals surface area contributed by atoms with Crippen molar-refractivity contribution >= 4 is 23.4 Å². The number of nitrogens with zero attached hydrogens (tertiary/aromatic N) is 2. The number of nitrogens with one attached hydrogen (secondary N) is 1. The molecule has 1 aromatic carbocycles. The third-order valence-electron chi connectivity index (χ3n) is 6.36. The summed E-state index contributed by atoms with van der Waals surface area (Å²) in [4.78, 5) is 41.1. The van der Waals surface area contributed by atoms with Gasteiger partial charge in [0.25, 0.3) is 0 Å². The minimum atomic E-state index is -0.302. The monoisotopic (exact) mass is 397 g/mol. The van der Waals surface area contributed by atoms with Crippen LogP contribution in [-0.2, 0) is 20.8 Å². The summed E-state index contributed by atoms with van der Waals surface area (Å²) in [7, 11) is 0. The van der Waals surface area contributed by atoms with Crippen LogP contribution in [0.4, 0.5) is 5.69 Å². The molecular weight excluding hydrogens is 366 g/mol. The van der Waals surface area contributed by atoms with Gasteiger partial charge in [-0.2, -0.15) is 0 Å². The molecule has 6 heteroatoms. The number of benzene rings is 1. The second kappa shape index (κ2) is 8.56. The third-order valence-corrected chi connectivity index (χ3v) is 6.36. The van der Waals surface area contributed by atoms with Crippen LogP contribution in [0.1, 0.15) is 51.0 Å². The molecule has 29 heavy (non-hydrogen) atoms. The van der Waals surface area contributed by atoms with Gasteiger partial charge in [-0.25, -0.2) is 0 Å². The van der Waals surface area contributed by atoms with Crippen molar-refractivity contribution in [2.75, 3.05) is 24.5 Å². The Morgan fingerprint density at radius 3 is 2.34 bits per heavy atom. The lowest BCUT2D eigenvalue weighted by Gasteiger charge is -2.33. The second-order valence-corrected chi connectivity index (χ2v) is 8.70. The number of likely N-dealkylation sites (tertiary alicyclic amines) is 1. The lowest BCUT2D eigenvalue weighted by Crippen LogP contribution is -2.48. The third kappa shape index (κ3) is 4.62. The van der Waals surface area contributed by atoms with Crippen molar-refractivity contribution in [2.24, 2.45) is 11.8 Å². The largest absolute Gasteiger partial charge is 0.353 e. The normalized spacial score (nSPS) is 22.8. The molecule has 2 saturated heterocycles. The van der Waals surface area contributed by atoms with Crippen molar-refractivity contribution in [3.63, 3.8) is 0 Å². The molecule has 1 N–H and O–H groups in total. The van der Waals surface area contributed by atoms with Crippen molar-refractivity contribution in [1.82, 2.24) is 10.2 Å². The fraction of sp³-hybridized carbons (Fsp3) is 0.609. The van der Waals surface area contributed by atoms with Gasteiger partial charge in [-0.15, -0.1) is 0 Å². The fourth-order valence-corrected chi connectivity index (χ4v) is 4.42. The average molecular weight is 398 g/mol. The minimum Gasteiger partial charge on any atom is -0.353 e. The zero-order valence-corrected chi connectivity index (χ0v) is 17.2. The minimum absolute atomic E-state index is 0.0123. The number of rotatable bonds is 6. The number of piperidine rings is 1. The van der Waals surface area contributed by atoms with E-state index in [1.165, 1.54) is 5.56 Å². The maximum absolute atomic E-state index is 12.7. The van der Waals surface area contributed by atoms with Crippen molar-refractivity contribution in [2.45, 2.75) is 57.9 Å². The molecular formula is C23H31N3O3. The van der Waals surface area contributed by atoms with Crippen LogP contribution in [0.15, 0.2) is 24.3 Å². The molecule has 1 atom stereocenters. The Hall–Kier alpha value is -2.37. The van der Waals surface area contributed by atoms with E-state index in [0.717, 1.165) is 57.3 Å². The zero-order valence-electron chi connectivity index (χ0n) is 17.2. The molecule has 3 amide bonds. The highest BCUT2D eigenvalue weighted by molar-refractivity contribution is 6.00. The van der Waals surface area contributed by atoms with E-state index in [-0.39, 0.29) is 42.0 Å². The van der Waals surface area contributed by atoms with Gasteiger partial charge in [-0.1, -0.05) is 25.5 Å². The van der Waals surface area contributed by atoms with Crippen molar-refractivity contribution in [1.29, 1.82) is 0 Å². The first-order chi connectivity index (χ1) is 14.0. The summed E-state index contributed by atoms with van der Waals surface area (Å²) in [6.07, 6.45) is 6.05. The molecule has 0 spiro atoms. The van der Waals surface area contributed by atoms with E-state index in [4.69, 9.17) is 0 Å². The Morgan fingerprint density at radius 1 is 1.03 bits per heavy atom. The van der Waals surface area contributed by atoms with E-state index in [0.29, 0.717) is 6.54 Å². The quantitative estimate of drug-likeness (QED) is 0.802. The number of anilines is 1. The van der Waals surface area contributed by atoms with Crippen molar-refractivity contribution in [3.05, 3.63) is 29.8 Å². The number of aryl methyl sites for hydroxylation is 1.